The Morgan fingerprint density at radius 1 is 0.829 bits per heavy atom. The monoisotopic (exact) mass is 466 g/mol. The van der Waals surface area contributed by atoms with Crippen molar-refractivity contribution in [3.8, 4) is 11.8 Å². The molecule has 2 nitrogen and oxygen atoms in total. The molecule has 35 heavy (non-hydrogen) atoms. The van der Waals surface area contributed by atoms with Gasteiger partial charge in [-0.3, -0.25) is 0 Å². The van der Waals surface area contributed by atoms with Gasteiger partial charge in [0.15, 0.2) is 0 Å². The molecule has 2 heteroatoms. The minimum Gasteiger partial charge on any atom is -0.348 e. The Bertz CT molecular complexity index is 1100. The molecule has 2 rings (SSSR count). The Hall–Kier alpha value is -3.10. The molecule has 0 atom stereocenters. The maximum absolute atomic E-state index is 9.51. The smallest absolute Gasteiger partial charge is 0.303 e. The summed E-state index contributed by atoms with van der Waals surface area (Å²) in [5.41, 5.74) is 18.2. The van der Waals surface area contributed by atoms with Gasteiger partial charge in [-0.2, -0.15) is 0 Å². The van der Waals surface area contributed by atoms with Crippen molar-refractivity contribution >= 4 is 11.4 Å². The van der Waals surface area contributed by atoms with Crippen LogP contribution in [0.2, 0.25) is 0 Å². The van der Waals surface area contributed by atoms with Crippen LogP contribution < -0.4 is 0 Å². The van der Waals surface area contributed by atoms with Crippen LogP contribution in [0.4, 0.5) is 0 Å². The van der Waals surface area contributed by atoms with E-state index in [4.69, 9.17) is 0 Å². The van der Waals surface area contributed by atoms with Crippen molar-refractivity contribution in [2.24, 2.45) is 0 Å². The summed E-state index contributed by atoms with van der Waals surface area (Å²) in [6, 6.07) is 17.9. The largest absolute Gasteiger partial charge is 0.348 e. The average Bonchev–Trinajstić information content (AvgIpc) is 2.89. The van der Waals surface area contributed by atoms with E-state index in [1.54, 1.807) is 0 Å². The molecular weight excluding hydrogens is 424 g/mol. The third kappa shape index (κ3) is 8.88. The van der Waals surface area contributed by atoms with E-state index in [0.717, 1.165) is 63.4 Å². The second kappa shape index (κ2) is 16.5. The van der Waals surface area contributed by atoms with Gasteiger partial charge in [-0.05, 0) is 85.3 Å². The van der Waals surface area contributed by atoms with Crippen LogP contribution in [0, 0.1) is 11.8 Å². The maximum atomic E-state index is 9.51. The molecule has 0 spiro atoms. The van der Waals surface area contributed by atoms with E-state index in [9.17, 15) is 5.53 Å². The minimum absolute atomic E-state index is 0.845. The first kappa shape index (κ1) is 28.1. The van der Waals surface area contributed by atoms with Crippen LogP contribution in [-0.4, -0.2) is 10.7 Å². The van der Waals surface area contributed by atoms with Crippen molar-refractivity contribution in [1.82, 2.24) is 0 Å². The van der Waals surface area contributed by atoms with Gasteiger partial charge in [0.2, 0.25) is 0 Å². The molecule has 0 amide bonds. The summed E-state index contributed by atoms with van der Waals surface area (Å²) < 4.78 is 0. The van der Waals surface area contributed by atoms with Crippen molar-refractivity contribution in [3.63, 3.8) is 0 Å². The van der Waals surface area contributed by atoms with Gasteiger partial charge < -0.3 is 5.53 Å². The van der Waals surface area contributed by atoms with Crippen LogP contribution in [0.5, 0.6) is 0 Å². The summed E-state index contributed by atoms with van der Waals surface area (Å²) in [4.78, 5) is 3.38. The fraction of sp³-hybridized carbons (Fsp3) is 0.455. The lowest BCUT2D eigenvalue weighted by Gasteiger charge is -2.20. The predicted molar refractivity (Wildman–Crippen MR) is 150 cm³/mol. The first-order chi connectivity index (χ1) is 17.2. The Kier molecular flexibility index (Phi) is 13.3. The van der Waals surface area contributed by atoms with E-state index in [2.05, 4.69) is 91.8 Å². The highest BCUT2D eigenvalue weighted by atomic mass is 14.8. The van der Waals surface area contributed by atoms with Crippen LogP contribution in [0.1, 0.15) is 108 Å². The average molecular weight is 467 g/mol. The fourth-order valence-electron chi connectivity index (χ4n) is 4.48. The van der Waals surface area contributed by atoms with E-state index in [1.807, 2.05) is 6.92 Å². The predicted octanol–water partition coefficient (Wildman–Crippen LogP) is 8.99. The third-order valence-electron chi connectivity index (χ3n) is 6.46. The first-order valence-corrected chi connectivity index (χ1v) is 13.5. The molecule has 0 unspecified atom stereocenters. The molecule has 0 aliphatic carbocycles. The second-order valence-corrected chi connectivity index (χ2v) is 9.14. The molecule has 2 aromatic carbocycles. The molecule has 0 aromatic heterocycles. The number of rotatable bonds is 14. The van der Waals surface area contributed by atoms with E-state index >= 15 is 0 Å². The van der Waals surface area contributed by atoms with Gasteiger partial charge in [-0.15, -0.1) is 16.6 Å². The number of hydrogen-bond donors (Lipinski definition) is 0. The summed E-state index contributed by atoms with van der Waals surface area (Å²) in [6.45, 7) is 8.57. The summed E-state index contributed by atoms with van der Waals surface area (Å²) in [5, 5.41) is 0. The zero-order valence-corrected chi connectivity index (χ0v) is 22.3. The molecule has 2 aromatic rings. The summed E-state index contributed by atoms with van der Waals surface area (Å²) in [6.07, 6.45) is 11.4. The highest BCUT2D eigenvalue weighted by Crippen LogP contribution is 2.36. The first-order valence-electron chi connectivity index (χ1n) is 13.5. The number of benzene rings is 2. The molecule has 0 bridgehead atoms. The fourth-order valence-corrected chi connectivity index (χ4v) is 4.48. The highest BCUT2D eigenvalue weighted by molar-refractivity contribution is 5.88. The molecule has 0 N–H and O–H groups in total. The van der Waals surface area contributed by atoms with Gasteiger partial charge in [-0.25, -0.2) is 0 Å². The van der Waals surface area contributed by atoms with Crippen LogP contribution in [0.25, 0.3) is 11.1 Å². The molecule has 0 radical (unpaired) electrons. The van der Waals surface area contributed by atoms with E-state index in [-0.39, 0.29) is 0 Å². The van der Waals surface area contributed by atoms with Crippen LogP contribution in [0.15, 0.2) is 59.7 Å². The van der Waals surface area contributed by atoms with Crippen molar-refractivity contribution in [3.05, 3.63) is 87.5 Å². The van der Waals surface area contributed by atoms with Gasteiger partial charge in [-0.1, -0.05) is 88.6 Å². The molecule has 0 aliphatic rings. The van der Waals surface area contributed by atoms with Crippen LogP contribution in [-0.2, 0) is 12.8 Å². The normalized spacial score (nSPS) is 11.1. The Labute approximate surface area is 213 Å². The lowest BCUT2D eigenvalue weighted by molar-refractivity contribution is 0.00739. The second-order valence-electron chi connectivity index (χ2n) is 9.14. The SMILES string of the molecule is CC#CCCc1ccccc1C(=C(CCCC)C(=C=[N+]=[N-])CCCC)c1ccc(CCCC)cc1. The third-order valence-corrected chi connectivity index (χ3v) is 6.46. The molecule has 0 aliphatic heterocycles. The van der Waals surface area contributed by atoms with Gasteiger partial charge >= 0.3 is 5.87 Å². The molecule has 0 fully saturated rings. The number of aryl methyl sites for hydroxylation is 2. The standard InChI is InChI=1S/C33H42N2/c1-5-9-13-18-28-19-14-15-21-31(28)33(29-24-22-27(23-25-29)16-10-6-2)32(20-12-8-4)30(26-35-34)17-11-7-3/h14-15,19,21-25H,6-8,10-13,16-18,20H2,1-4H3. The van der Waals surface area contributed by atoms with Crippen molar-refractivity contribution in [2.75, 3.05) is 0 Å². The Morgan fingerprint density at radius 2 is 1.51 bits per heavy atom. The number of hydrogen-bond acceptors (Lipinski definition) is 0. The number of unbranched alkanes of at least 4 members (excludes halogenated alkanes) is 3. The van der Waals surface area contributed by atoms with Gasteiger partial charge in [0.05, 0.1) is 5.57 Å². The molecule has 0 heterocycles. The molecular formula is C33H42N2. The Morgan fingerprint density at radius 3 is 2.17 bits per heavy atom. The molecule has 184 valence electrons. The van der Waals surface area contributed by atoms with Crippen molar-refractivity contribution < 1.29 is 4.79 Å². The Balaban J connectivity index is 2.80. The molecule has 0 saturated heterocycles. The number of nitrogens with zero attached hydrogens (tertiary/aromatic N) is 2. The summed E-state index contributed by atoms with van der Waals surface area (Å²) in [5.74, 6) is 9.24. The van der Waals surface area contributed by atoms with Crippen LogP contribution in [0.3, 0.4) is 0 Å². The van der Waals surface area contributed by atoms with E-state index in [0.29, 0.717) is 0 Å². The number of allylic oxidation sites excluding steroid dienone is 2. The maximum Gasteiger partial charge on any atom is 0.303 e. The molecule has 0 saturated carbocycles. The lowest BCUT2D eigenvalue weighted by Crippen LogP contribution is -2.03. The van der Waals surface area contributed by atoms with Crippen molar-refractivity contribution in [2.45, 2.75) is 98.3 Å². The zero-order chi connectivity index (χ0) is 25.3. The van der Waals surface area contributed by atoms with Gasteiger partial charge in [0, 0.05) is 6.42 Å². The lowest BCUT2D eigenvalue weighted by atomic mass is 9.83. The van der Waals surface area contributed by atoms with Crippen molar-refractivity contribution in [1.29, 1.82) is 0 Å². The topological polar surface area (TPSA) is 36.4 Å². The quantitative estimate of drug-likeness (QED) is 0.0875. The summed E-state index contributed by atoms with van der Waals surface area (Å²) in [7, 11) is 0. The zero-order valence-electron chi connectivity index (χ0n) is 22.3. The van der Waals surface area contributed by atoms with Gasteiger partial charge in [0.1, 0.15) is 0 Å². The van der Waals surface area contributed by atoms with E-state index < -0.39 is 0 Å². The van der Waals surface area contributed by atoms with Crippen LogP contribution >= 0.6 is 0 Å². The minimum atomic E-state index is 0.845. The van der Waals surface area contributed by atoms with E-state index in [1.165, 1.54) is 46.2 Å². The summed E-state index contributed by atoms with van der Waals surface area (Å²) >= 11 is 0. The van der Waals surface area contributed by atoms with Gasteiger partial charge in [0.25, 0.3) is 0 Å². The highest BCUT2D eigenvalue weighted by Gasteiger charge is 2.19.